The van der Waals surface area contributed by atoms with Crippen molar-refractivity contribution >= 4 is 16.3 Å². The van der Waals surface area contributed by atoms with Crippen molar-refractivity contribution in [3.63, 3.8) is 0 Å². The fourth-order valence-electron chi connectivity index (χ4n) is 4.35. The maximum absolute atomic E-state index is 11.8. The highest BCUT2D eigenvalue weighted by atomic mass is 32.3. The van der Waals surface area contributed by atoms with Crippen LogP contribution in [0.25, 0.3) is 0 Å². The number of ether oxygens (including phenoxy) is 5. The van der Waals surface area contributed by atoms with Crippen LogP contribution in [-0.4, -0.2) is 154 Å². The first kappa shape index (κ1) is 31.4. The van der Waals surface area contributed by atoms with Crippen molar-refractivity contribution in [3.8, 4) is 0 Å². The quantitative estimate of drug-likeness (QED) is 0.121. The summed E-state index contributed by atoms with van der Waals surface area (Å²) in [4.78, 5) is 11.8. The molecule has 9 N–H and O–H groups in total. The van der Waals surface area contributed by atoms with Gasteiger partial charge in [-0.25, -0.2) is 4.18 Å². The Hall–Kier alpha value is -1.14. The number of hydrogen-bond donors (Lipinski definition) is 9. The van der Waals surface area contributed by atoms with Crippen LogP contribution in [0.2, 0.25) is 0 Å². The van der Waals surface area contributed by atoms with Gasteiger partial charge in [-0.2, -0.15) is 8.42 Å². The topological polar surface area (TPSA) is 280 Å². The zero-order chi connectivity index (χ0) is 28.5. The van der Waals surface area contributed by atoms with Gasteiger partial charge in [0.25, 0.3) is 0 Å². The maximum Gasteiger partial charge on any atom is 0.397 e. The normalized spacial score (nSPS) is 46.5. The summed E-state index contributed by atoms with van der Waals surface area (Å²) in [6.07, 6.45) is -22.2. The van der Waals surface area contributed by atoms with Gasteiger partial charge in [-0.05, 0) is 6.92 Å². The third kappa shape index (κ3) is 7.13. The van der Waals surface area contributed by atoms with Crippen LogP contribution >= 0.6 is 0 Å². The van der Waals surface area contributed by atoms with Gasteiger partial charge < -0.3 is 64.7 Å². The van der Waals surface area contributed by atoms with Crippen molar-refractivity contribution in [3.05, 3.63) is 0 Å². The molecule has 0 aromatic carbocycles. The molecule has 3 fully saturated rings. The van der Waals surface area contributed by atoms with Crippen molar-refractivity contribution in [2.24, 2.45) is 0 Å². The van der Waals surface area contributed by atoms with Crippen molar-refractivity contribution in [1.82, 2.24) is 5.32 Å². The second-order valence-electron chi connectivity index (χ2n) is 9.11. The molecular weight excluding hydrogens is 546 g/mol. The molecule has 0 unspecified atom stereocenters. The highest BCUT2D eigenvalue weighted by molar-refractivity contribution is 7.80. The highest BCUT2D eigenvalue weighted by Crippen LogP contribution is 2.32. The van der Waals surface area contributed by atoms with Crippen LogP contribution in [0.5, 0.6) is 0 Å². The number of amides is 1. The van der Waals surface area contributed by atoms with Crippen LogP contribution in [0.15, 0.2) is 0 Å². The van der Waals surface area contributed by atoms with E-state index in [9.17, 15) is 49.0 Å². The molecule has 14 atom stereocenters. The molecular formula is C19H33NO17S. The molecule has 0 radical (unpaired) electrons. The summed E-state index contributed by atoms with van der Waals surface area (Å²) < 4.78 is 62.5. The molecule has 3 heterocycles. The molecule has 0 aromatic rings. The van der Waals surface area contributed by atoms with E-state index in [4.69, 9.17) is 28.2 Å². The smallest absolute Gasteiger partial charge is 0.394 e. The minimum absolute atomic E-state index is 0.248. The van der Waals surface area contributed by atoms with E-state index in [2.05, 4.69) is 9.50 Å². The molecule has 38 heavy (non-hydrogen) atoms. The van der Waals surface area contributed by atoms with E-state index >= 15 is 0 Å². The molecule has 0 saturated carbocycles. The summed E-state index contributed by atoms with van der Waals surface area (Å²) in [5, 5.41) is 73.7. The van der Waals surface area contributed by atoms with E-state index in [1.165, 1.54) is 13.8 Å². The van der Waals surface area contributed by atoms with Gasteiger partial charge >= 0.3 is 10.4 Å². The SMILES string of the molecule is CC(=O)N[C@H]1CO[C@H](CO)[C@@H](O[C@@H]2O[C@H](O)[C@H](OS(=O)(=O)O)[C@H](O)[C@H]2O)[C@@H]1O[C@@H]1O[C@@H](C)[C@@H](O)[C@@H](O)[C@@H]1O. The summed E-state index contributed by atoms with van der Waals surface area (Å²) in [5.74, 6) is -0.549. The van der Waals surface area contributed by atoms with Gasteiger partial charge in [0.2, 0.25) is 5.91 Å². The Kier molecular flexibility index (Phi) is 10.4. The second-order valence-corrected chi connectivity index (χ2v) is 10.2. The molecule has 222 valence electrons. The Morgan fingerprint density at radius 2 is 1.47 bits per heavy atom. The number of rotatable bonds is 8. The lowest BCUT2D eigenvalue weighted by Crippen LogP contribution is -2.67. The fourth-order valence-corrected chi connectivity index (χ4v) is 4.84. The Morgan fingerprint density at radius 3 is 2.05 bits per heavy atom. The van der Waals surface area contributed by atoms with Crippen LogP contribution in [0.4, 0.5) is 0 Å². The molecule has 0 aliphatic carbocycles. The minimum atomic E-state index is -5.17. The molecule has 3 saturated heterocycles. The first-order chi connectivity index (χ1) is 17.6. The van der Waals surface area contributed by atoms with Gasteiger partial charge in [0.05, 0.1) is 25.4 Å². The largest absolute Gasteiger partial charge is 0.397 e. The summed E-state index contributed by atoms with van der Waals surface area (Å²) in [7, 11) is -5.17. The average molecular weight is 580 g/mol. The number of nitrogens with one attached hydrogen (secondary N) is 1. The van der Waals surface area contributed by atoms with Gasteiger partial charge in [0, 0.05) is 6.92 Å². The van der Waals surface area contributed by atoms with Crippen molar-refractivity contribution in [2.45, 2.75) is 99.8 Å². The van der Waals surface area contributed by atoms with Gasteiger partial charge in [0.1, 0.15) is 48.8 Å². The third-order valence-corrected chi connectivity index (χ3v) is 6.75. The van der Waals surface area contributed by atoms with Crippen LogP contribution < -0.4 is 5.32 Å². The summed E-state index contributed by atoms with van der Waals surface area (Å²) in [6.45, 7) is 1.61. The third-order valence-electron chi connectivity index (χ3n) is 6.29. The molecule has 3 rings (SSSR count). The molecule has 1 amide bonds. The molecule has 18 nitrogen and oxygen atoms in total. The van der Waals surface area contributed by atoms with Crippen molar-refractivity contribution in [1.29, 1.82) is 0 Å². The van der Waals surface area contributed by atoms with E-state index in [1.54, 1.807) is 0 Å². The summed E-state index contributed by atoms with van der Waals surface area (Å²) in [5.41, 5.74) is 0. The van der Waals surface area contributed by atoms with E-state index in [-0.39, 0.29) is 6.61 Å². The van der Waals surface area contributed by atoms with E-state index in [1.807, 2.05) is 0 Å². The fraction of sp³-hybridized carbons (Fsp3) is 0.947. The van der Waals surface area contributed by atoms with Crippen LogP contribution in [-0.2, 0) is 43.1 Å². The molecule has 3 aliphatic rings. The molecule has 0 spiro atoms. The van der Waals surface area contributed by atoms with E-state index < -0.39 is 109 Å². The zero-order valence-corrected chi connectivity index (χ0v) is 21.0. The van der Waals surface area contributed by atoms with Crippen LogP contribution in [0, 0.1) is 0 Å². The predicted octanol–water partition coefficient (Wildman–Crippen LogP) is -5.94. The first-order valence-electron chi connectivity index (χ1n) is 11.5. The number of aliphatic hydroxyl groups excluding tert-OH is 7. The van der Waals surface area contributed by atoms with Crippen LogP contribution in [0.3, 0.4) is 0 Å². The summed E-state index contributed by atoms with van der Waals surface area (Å²) in [6, 6.07) is -1.04. The van der Waals surface area contributed by atoms with Crippen molar-refractivity contribution < 1.29 is 81.4 Å². The predicted molar refractivity (Wildman–Crippen MR) is 116 cm³/mol. The average Bonchev–Trinajstić information content (AvgIpc) is 2.83. The first-order valence-corrected chi connectivity index (χ1v) is 12.9. The van der Waals surface area contributed by atoms with Gasteiger partial charge in [-0.15, -0.1) is 0 Å². The lowest BCUT2D eigenvalue weighted by atomic mass is 9.96. The number of carbonyl (C=O) groups excluding carboxylic acids is 1. The molecule has 3 aliphatic heterocycles. The Morgan fingerprint density at radius 1 is 0.895 bits per heavy atom. The maximum atomic E-state index is 11.8. The standard InChI is InChI=1S/C19H33NO17S/c1-5-9(23)10(24)12(26)18(33-5)34-14-7(20-6(2)22)4-32-8(3-21)15(14)35-19-13(27)11(25)16(17(28)36-19)37-38(29,30)31/h5,7-19,21,23-28H,3-4H2,1-2H3,(H,20,22)(H,29,30,31)/t5-,7-,8+,9+,10+,11+,12-,13+,14+,15+,16+,17-,18-,19+/m0/s1. The molecule has 0 bridgehead atoms. The van der Waals surface area contributed by atoms with Gasteiger partial charge in [-0.1, -0.05) is 0 Å². The number of carbonyl (C=O) groups is 1. The Labute approximate surface area is 216 Å². The van der Waals surface area contributed by atoms with E-state index in [0.29, 0.717) is 0 Å². The van der Waals surface area contributed by atoms with Gasteiger partial charge in [0.15, 0.2) is 25.0 Å². The molecule has 0 aromatic heterocycles. The highest BCUT2D eigenvalue weighted by Gasteiger charge is 2.53. The lowest BCUT2D eigenvalue weighted by Gasteiger charge is -2.48. The summed E-state index contributed by atoms with van der Waals surface area (Å²) >= 11 is 0. The Bertz CT molecular complexity index is 908. The van der Waals surface area contributed by atoms with Crippen molar-refractivity contribution in [2.75, 3.05) is 13.2 Å². The van der Waals surface area contributed by atoms with Crippen LogP contribution in [0.1, 0.15) is 13.8 Å². The second kappa shape index (κ2) is 12.6. The molecule has 19 heteroatoms. The minimum Gasteiger partial charge on any atom is -0.394 e. The van der Waals surface area contributed by atoms with Gasteiger partial charge in [-0.3, -0.25) is 9.35 Å². The van der Waals surface area contributed by atoms with E-state index in [0.717, 1.165) is 0 Å². The zero-order valence-electron chi connectivity index (χ0n) is 20.2. The lowest BCUT2D eigenvalue weighted by molar-refractivity contribution is -0.372. The Balaban J connectivity index is 1.87. The monoisotopic (exact) mass is 579 g/mol. The number of hydrogen-bond acceptors (Lipinski definition) is 16. The number of aliphatic hydroxyl groups is 7.